The summed E-state index contributed by atoms with van der Waals surface area (Å²) in [5.74, 6) is 0.0784. The monoisotopic (exact) mass is 480 g/mol. The lowest BCUT2D eigenvalue weighted by atomic mass is 9.69. The minimum absolute atomic E-state index is 0.0584. The van der Waals surface area contributed by atoms with Gasteiger partial charge in [-0.3, -0.25) is 9.79 Å². The molecule has 0 fully saturated rings. The number of rotatable bonds is 5. The van der Waals surface area contributed by atoms with Crippen LogP contribution >= 0.6 is 11.6 Å². The molecule has 0 radical (unpaired) electrons. The number of hydrogen-bond donors (Lipinski definition) is 0. The second-order valence-corrected chi connectivity index (χ2v) is 9.56. The van der Waals surface area contributed by atoms with Gasteiger partial charge in [-0.15, -0.1) is 0 Å². The van der Waals surface area contributed by atoms with Gasteiger partial charge in [-0.2, -0.15) is 5.26 Å². The molecule has 2 aliphatic rings. The Morgan fingerprint density at radius 3 is 2.34 bits per heavy atom. The van der Waals surface area contributed by atoms with Crippen LogP contribution in [0.4, 0.5) is 0 Å². The van der Waals surface area contributed by atoms with Crippen LogP contribution in [0.3, 0.4) is 0 Å². The quantitative estimate of drug-likeness (QED) is 0.394. The Balaban J connectivity index is 1.42. The summed E-state index contributed by atoms with van der Waals surface area (Å²) in [5, 5.41) is 10.7. The number of hydrogen-bond acceptors (Lipinski definition) is 4. The number of ether oxygens (including phenoxy) is 1. The van der Waals surface area contributed by atoms with Crippen LogP contribution in [0.2, 0.25) is 5.02 Å². The molecule has 3 atom stereocenters. The van der Waals surface area contributed by atoms with E-state index in [1.807, 2.05) is 85.8 Å². The molecule has 1 aliphatic carbocycles. The van der Waals surface area contributed by atoms with Crippen molar-refractivity contribution in [3.8, 4) is 11.8 Å². The number of carbonyl (C=O) groups is 1. The molecule has 5 rings (SSSR count). The topological polar surface area (TPSA) is 62.4 Å². The van der Waals surface area contributed by atoms with E-state index in [-0.39, 0.29) is 17.6 Å². The summed E-state index contributed by atoms with van der Waals surface area (Å²) in [6, 6.07) is 27.8. The van der Waals surface area contributed by atoms with Crippen molar-refractivity contribution < 1.29 is 9.53 Å². The van der Waals surface area contributed by atoms with Gasteiger partial charge in [0.15, 0.2) is 5.78 Å². The fourth-order valence-electron chi connectivity index (χ4n) is 5.07. The highest BCUT2D eigenvalue weighted by atomic mass is 35.5. The first kappa shape index (κ1) is 23.1. The van der Waals surface area contributed by atoms with Gasteiger partial charge >= 0.3 is 0 Å². The van der Waals surface area contributed by atoms with E-state index in [0.29, 0.717) is 30.0 Å². The van der Waals surface area contributed by atoms with Crippen LogP contribution in [0.1, 0.15) is 48.3 Å². The van der Waals surface area contributed by atoms with Crippen LogP contribution in [-0.2, 0) is 11.4 Å². The molecule has 5 heteroatoms. The van der Waals surface area contributed by atoms with E-state index in [1.54, 1.807) is 0 Å². The van der Waals surface area contributed by atoms with Gasteiger partial charge in [-0.25, -0.2) is 0 Å². The molecule has 0 aromatic heterocycles. The van der Waals surface area contributed by atoms with Crippen molar-refractivity contribution >= 4 is 23.1 Å². The van der Waals surface area contributed by atoms with Crippen LogP contribution in [0, 0.1) is 17.2 Å². The second kappa shape index (κ2) is 9.90. The fourth-order valence-corrected chi connectivity index (χ4v) is 5.20. The lowest BCUT2D eigenvalue weighted by molar-refractivity contribution is -0.116. The Morgan fingerprint density at radius 2 is 1.66 bits per heavy atom. The highest BCUT2D eigenvalue weighted by molar-refractivity contribution is 6.30. The van der Waals surface area contributed by atoms with Crippen molar-refractivity contribution in [3.05, 3.63) is 112 Å². The number of nitriles is 1. The zero-order valence-electron chi connectivity index (χ0n) is 19.4. The minimum atomic E-state index is -0.471. The smallest absolute Gasteiger partial charge is 0.161 e. The second-order valence-electron chi connectivity index (χ2n) is 9.12. The van der Waals surface area contributed by atoms with Gasteiger partial charge in [0.2, 0.25) is 0 Å². The molecule has 3 aromatic rings. The Bertz CT molecular complexity index is 1340. The highest BCUT2D eigenvalue weighted by Gasteiger charge is 2.41. The molecule has 4 nitrogen and oxygen atoms in total. The molecular weight excluding hydrogens is 456 g/mol. The highest BCUT2D eigenvalue weighted by Crippen LogP contribution is 2.46. The number of allylic oxidation sites excluding steroid dienone is 2. The molecule has 0 bridgehead atoms. The summed E-state index contributed by atoms with van der Waals surface area (Å²) in [6.07, 6.45) is 1.08. The SMILES string of the molecule is CC1=NC2=C(C(=O)C[C@H](c3ccc(Cl)cc3)C2)[C@@H](c2ccc(OCc3ccccc3)cc2)C1C#N. The average Bonchev–Trinajstić information content (AvgIpc) is 2.88. The molecule has 0 saturated carbocycles. The standard InChI is InChI=1S/C30H25ClN2O2/c1-19-26(17-32)29(22-9-13-25(14-10-22)35-18-20-5-3-2-4-6-20)30-27(33-19)15-23(16-28(30)34)21-7-11-24(31)12-8-21/h2-14,23,26,29H,15-16,18H2,1H3/t23-,26?,29+/m1/s1. The fraction of sp³-hybridized carbons (Fsp3) is 0.233. The van der Waals surface area contributed by atoms with E-state index >= 15 is 0 Å². The van der Waals surface area contributed by atoms with Crippen LogP contribution in [0.5, 0.6) is 5.75 Å². The van der Waals surface area contributed by atoms with Crippen molar-refractivity contribution in [1.29, 1.82) is 5.26 Å². The molecule has 0 saturated heterocycles. The number of Topliss-reactive ketones (excluding diaryl/α,β-unsaturated/α-hetero) is 1. The van der Waals surface area contributed by atoms with E-state index in [0.717, 1.165) is 33.8 Å². The molecule has 1 unspecified atom stereocenters. The molecule has 174 valence electrons. The number of nitrogens with zero attached hydrogens (tertiary/aromatic N) is 2. The van der Waals surface area contributed by atoms with Gasteiger partial charge in [0.1, 0.15) is 12.4 Å². The number of benzene rings is 3. The molecular formula is C30H25ClN2O2. The molecule has 1 heterocycles. The van der Waals surface area contributed by atoms with Gasteiger partial charge in [-0.05, 0) is 60.2 Å². The summed E-state index contributed by atoms with van der Waals surface area (Å²) in [4.78, 5) is 18.2. The number of aliphatic imine (C=N–C) groups is 1. The number of halogens is 1. The Morgan fingerprint density at radius 1 is 0.971 bits per heavy atom. The zero-order valence-corrected chi connectivity index (χ0v) is 20.2. The van der Waals surface area contributed by atoms with Gasteiger partial charge < -0.3 is 4.74 Å². The summed E-state index contributed by atoms with van der Waals surface area (Å²) in [7, 11) is 0. The maximum Gasteiger partial charge on any atom is 0.161 e. The van der Waals surface area contributed by atoms with Crippen molar-refractivity contribution in [2.75, 3.05) is 0 Å². The van der Waals surface area contributed by atoms with E-state index in [1.165, 1.54) is 0 Å². The zero-order chi connectivity index (χ0) is 24.4. The normalized spacial score (nSPS) is 21.7. The van der Waals surface area contributed by atoms with E-state index in [2.05, 4.69) is 6.07 Å². The Hall–Kier alpha value is -3.68. The summed E-state index contributed by atoms with van der Waals surface area (Å²) >= 11 is 6.05. The first-order valence-electron chi connectivity index (χ1n) is 11.8. The predicted octanol–water partition coefficient (Wildman–Crippen LogP) is 7.02. The third-order valence-corrected chi connectivity index (χ3v) is 7.11. The van der Waals surface area contributed by atoms with Crippen molar-refractivity contribution in [3.63, 3.8) is 0 Å². The molecule has 35 heavy (non-hydrogen) atoms. The van der Waals surface area contributed by atoms with Gasteiger partial charge in [0.05, 0.1) is 12.0 Å². The third-order valence-electron chi connectivity index (χ3n) is 6.86. The maximum absolute atomic E-state index is 13.5. The Labute approximate surface area is 210 Å². The van der Waals surface area contributed by atoms with Crippen LogP contribution in [0.15, 0.2) is 95.1 Å². The van der Waals surface area contributed by atoms with Gasteiger partial charge in [0.25, 0.3) is 0 Å². The van der Waals surface area contributed by atoms with Crippen LogP contribution < -0.4 is 4.74 Å². The molecule has 0 N–H and O–H groups in total. The molecule has 0 amide bonds. The van der Waals surface area contributed by atoms with Crippen molar-refractivity contribution in [2.45, 2.75) is 38.2 Å². The summed E-state index contributed by atoms with van der Waals surface area (Å²) in [6.45, 7) is 2.37. The van der Waals surface area contributed by atoms with E-state index < -0.39 is 5.92 Å². The van der Waals surface area contributed by atoms with Gasteiger partial charge in [-0.1, -0.05) is 66.2 Å². The summed E-state index contributed by atoms with van der Waals surface area (Å²) < 4.78 is 5.93. The summed E-state index contributed by atoms with van der Waals surface area (Å²) in [5.41, 5.74) is 5.36. The molecule has 0 spiro atoms. The third kappa shape index (κ3) is 4.78. The largest absolute Gasteiger partial charge is 0.489 e. The van der Waals surface area contributed by atoms with E-state index in [9.17, 15) is 10.1 Å². The lowest BCUT2D eigenvalue weighted by Crippen LogP contribution is -2.32. The lowest BCUT2D eigenvalue weighted by Gasteiger charge is -2.35. The number of carbonyl (C=O) groups excluding carboxylic acids is 1. The van der Waals surface area contributed by atoms with Crippen LogP contribution in [-0.4, -0.2) is 11.5 Å². The van der Waals surface area contributed by atoms with Crippen LogP contribution in [0.25, 0.3) is 0 Å². The first-order valence-corrected chi connectivity index (χ1v) is 12.1. The Kier molecular flexibility index (Phi) is 6.53. The predicted molar refractivity (Wildman–Crippen MR) is 138 cm³/mol. The molecule has 3 aromatic carbocycles. The molecule has 1 aliphatic heterocycles. The van der Waals surface area contributed by atoms with Crippen molar-refractivity contribution in [1.82, 2.24) is 0 Å². The van der Waals surface area contributed by atoms with Crippen molar-refractivity contribution in [2.24, 2.45) is 10.9 Å². The van der Waals surface area contributed by atoms with Gasteiger partial charge in [0, 0.05) is 34.3 Å². The first-order chi connectivity index (χ1) is 17.0. The number of ketones is 1. The van der Waals surface area contributed by atoms with E-state index in [4.69, 9.17) is 21.3 Å². The average molecular weight is 481 g/mol. The maximum atomic E-state index is 13.5. The minimum Gasteiger partial charge on any atom is -0.489 e.